The number of hydrogen-bond acceptors (Lipinski definition) is 5. The minimum atomic E-state index is -1.03. The van der Waals surface area contributed by atoms with Crippen molar-refractivity contribution in [2.24, 2.45) is 7.05 Å². The standard InChI is InChI=1S/C10H12N4O2S/c1-3-6-7(4-14(2)13-6)12-9-8(10(15)16)11-5-17-9/h4-5,12H,3H2,1-2H3,(H,15,16). The zero-order chi connectivity index (χ0) is 12.4. The van der Waals surface area contributed by atoms with E-state index in [0.717, 1.165) is 17.8 Å². The van der Waals surface area contributed by atoms with E-state index in [4.69, 9.17) is 5.11 Å². The van der Waals surface area contributed by atoms with Crippen LogP contribution in [0.5, 0.6) is 0 Å². The molecule has 0 aliphatic rings. The van der Waals surface area contributed by atoms with Gasteiger partial charge in [0.25, 0.3) is 0 Å². The number of nitrogens with zero attached hydrogens (tertiary/aromatic N) is 3. The molecule has 0 aromatic carbocycles. The van der Waals surface area contributed by atoms with Crippen molar-refractivity contribution in [2.45, 2.75) is 13.3 Å². The average Bonchev–Trinajstić information content (AvgIpc) is 2.85. The van der Waals surface area contributed by atoms with E-state index in [-0.39, 0.29) is 5.69 Å². The van der Waals surface area contributed by atoms with Crippen LogP contribution in [0.3, 0.4) is 0 Å². The number of thiazole rings is 1. The highest BCUT2D eigenvalue weighted by Gasteiger charge is 2.15. The minimum Gasteiger partial charge on any atom is -0.476 e. The van der Waals surface area contributed by atoms with Crippen molar-refractivity contribution in [3.8, 4) is 0 Å². The maximum Gasteiger partial charge on any atom is 0.357 e. The predicted octanol–water partition coefficient (Wildman–Crippen LogP) is 1.88. The molecule has 2 aromatic heterocycles. The lowest BCUT2D eigenvalue weighted by molar-refractivity contribution is 0.0692. The molecule has 2 rings (SSSR count). The second-order valence-corrected chi connectivity index (χ2v) is 4.33. The summed E-state index contributed by atoms with van der Waals surface area (Å²) in [6.07, 6.45) is 2.61. The fourth-order valence-corrected chi connectivity index (χ4v) is 2.19. The van der Waals surface area contributed by atoms with E-state index >= 15 is 0 Å². The molecule has 0 radical (unpaired) electrons. The fraction of sp³-hybridized carbons (Fsp3) is 0.300. The molecular weight excluding hydrogens is 240 g/mol. The summed E-state index contributed by atoms with van der Waals surface area (Å²) in [5, 5.41) is 16.8. The van der Waals surface area contributed by atoms with Crippen LogP contribution in [0.4, 0.5) is 10.7 Å². The third-order valence-electron chi connectivity index (χ3n) is 2.26. The summed E-state index contributed by atoms with van der Waals surface area (Å²) in [6.45, 7) is 2.00. The summed E-state index contributed by atoms with van der Waals surface area (Å²) in [5.41, 5.74) is 3.27. The van der Waals surface area contributed by atoms with Gasteiger partial charge in [0, 0.05) is 13.2 Å². The number of hydrogen-bond donors (Lipinski definition) is 2. The monoisotopic (exact) mass is 252 g/mol. The number of rotatable bonds is 4. The van der Waals surface area contributed by atoms with E-state index in [2.05, 4.69) is 15.4 Å². The highest BCUT2D eigenvalue weighted by Crippen LogP contribution is 2.26. The molecule has 0 spiro atoms. The molecule has 2 heterocycles. The molecule has 0 fully saturated rings. The van der Waals surface area contributed by atoms with E-state index < -0.39 is 5.97 Å². The van der Waals surface area contributed by atoms with Crippen LogP contribution in [-0.4, -0.2) is 25.8 Å². The van der Waals surface area contributed by atoms with E-state index in [1.165, 1.54) is 16.8 Å². The van der Waals surface area contributed by atoms with Crippen LogP contribution in [0.2, 0.25) is 0 Å². The molecule has 6 nitrogen and oxygen atoms in total. The molecule has 0 unspecified atom stereocenters. The molecule has 0 saturated carbocycles. The van der Waals surface area contributed by atoms with Gasteiger partial charge >= 0.3 is 5.97 Å². The molecule has 90 valence electrons. The SMILES string of the molecule is CCc1nn(C)cc1Nc1scnc1C(=O)O. The normalized spacial score (nSPS) is 10.5. The van der Waals surface area contributed by atoms with Crippen LogP contribution in [0.25, 0.3) is 0 Å². The quantitative estimate of drug-likeness (QED) is 0.868. The molecule has 0 saturated heterocycles. The van der Waals surface area contributed by atoms with Gasteiger partial charge in [-0.05, 0) is 6.42 Å². The summed E-state index contributed by atoms with van der Waals surface area (Å²) in [5.74, 6) is -1.03. The molecule has 2 aromatic rings. The molecule has 0 bridgehead atoms. The lowest BCUT2D eigenvalue weighted by Crippen LogP contribution is -2.01. The number of aromatic carboxylic acids is 1. The molecule has 2 N–H and O–H groups in total. The van der Waals surface area contributed by atoms with Crippen LogP contribution in [0, 0.1) is 0 Å². The summed E-state index contributed by atoms with van der Waals surface area (Å²) in [6, 6.07) is 0. The lowest BCUT2D eigenvalue weighted by Gasteiger charge is -2.02. The Morgan fingerprint density at radius 2 is 2.41 bits per heavy atom. The number of carboxylic acids is 1. The molecule has 0 aliphatic carbocycles. The molecule has 0 atom stereocenters. The zero-order valence-electron chi connectivity index (χ0n) is 9.47. The molecular formula is C10H12N4O2S. The van der Waals surface area contributed by atoms with Crippen LogP contribution < -0.4 is 5.32 Å². The van der Waals surface area contributed by atoms with E-state index in [1.807, 2.05) is 20.2 Å². The summed E-state index contributed by atoms with van der Waals surface area (Å²) < 4.78 is 1.70. The largest absolute Gasteiger partial charge is 0.476 e. The van der Waals surface area contributed by atoms with Crippen molar-refractivity contribution in [1.82, 2.24) is 14.8 Å². The summed E-state index contributed by atoms with van der Waals surface area (Å²) >= 11 is 1.26. The number of nitrogens with one attached hydrogen (secondary N) is 1. The van der Waals surface area contributed by atoms with Gasteiger partial charge in [-0.2, -0.15) is 5.10 Å². The summed E-state index contributed by atoms with van der Waals surface area (Å²) in [4.78, 5) is 14.7. The first kappa shape index (κ1) is 11.6. The van der Waals surface area contributed by atoms with Crippen molar-refractivity contribution in [1.29, 1.82) is 0 Å². The predicted molar refractivity (Wildman–Crippen MR) is 64.9 cm³/mol. The van der Waals surface area contributed by atoms with Gasteiger partial charge < -0.3 is 10.4 Å². The zero-order valence-corrected chi connectivity index (χ0v) is 10.3. The Morgan fingerprint density at radius 1 is 1.65 bits per heavy atom. The maximum absolute atomic E-state index is 10.9. The van der Waals surface area contributed by atoms with Gasteiger partial charge in [-0.25, -0.2) is 9.78 Å². The Morgan fingerprint density at radius 3 is 3.06 bits per heavy atom. The topological polar surface area (TPSA) is 80.0 Å². The van der Waals surface area contributed by atoms with E-state index in [9.17, 15) is 4.79 Å². The minimum absolute atomic E-state index is 0.0425. The van der Waals surface area contributed by atoms with E-state index in [0.29, 0.717) is 5.00 Å². The average molecular weight is 252 g/mol. The molecule has 7 heteroatoms. The number of carbonyl (C=O) groups is 1. The first-order valence-electron chi connectivity index (χ1n) is 5.08. The number of aromatic nitrogens is 3. The highest BCUT2D eigenvalue weighted by molar-refractivity contribution is 7.14. The van der Waals surface area contributed by atoms with Gasteiger partial charge in [0.1, 0.15) is 5.00 Å². The van der Waals surface area contributed by atoms with Gasteiger partial charge in [0.05, 0.1) is 16.9 Å². The summed E-state index contributed by atoms with van der Waals surface area (Å²) in [7, 11) is 1.83. The Kier molecular flexibility index (Phi) is 3.10. The first-order valence-corrected chi connectivity index (χ1v) is 5.96. The number of aryl methyl sites for hydroxylation is 2. The Labute approximate surface area is 102 Å². The van der Waals surface area contributed by atoms with Crippen molar-refractivity contribution in [3.63, 3.8) is 0 Å². The first-order chi connectivity index (χ1) is 8.11. The molecule has 17 heavy (non-hydrogen) atoms. The van der Waals surface area contributed by atoms with Crippen LogP contribution >= 0.6 is 11.3 Å². The number of anilines is 2. The van der Waals surface area contributed by atoms with Gasteiger partial charge in [0.15, 0.2) is 5.69 Å². The van der Waals surface area contributed by atoms with Crippen LogP contribution in [-0.2, 0) is 13.5 Å². The van der Waals surface area contributed by atoms with Crippen molar-refractivity contribution < 1.29 is 9.90 Å². The Bertz CT molecular complexity index is 546. The Balaban J connectivity index is 2.31. The maximum atomic E-state index is 10.9. The van der Waals surface area contributed by atoms with Crippen molar-refractivity contribution in [3.05, 3.63) is 23.1 Å². The van der Waals surface area contributed by atoms with Gasteiger partial charge in [0.2, 0.25) is 0 Å². The van der Waals surface area contributed by atoms with Crippen LogP contribution in [0.15, 0.2) is 11.7 Å². The van der Waals surface area contributed by atoms with Crippen LogP contribution in [0.1, 0.15) is 23.1 Å². The van der Waals surface area contributed by atoms with Crippen molar-refractivity contribution >= 4 is 28.0 Å². The van der Waals surface area contributed by atoms with Crippen molar-refractivity contribution in [2.75, 3.05) is 5.32 Å². The lowest BCUT2D eigenvalue weighted by atomic mass is 10.3. The smallest absolute Gasteiger partial charge is 0.357 e. The van der Waals surface area contributed by atoms with Gasteiger partial charge in [-0.3, -0.25) is 4.68 Å². The molecule has 0 aliphatic heterocycles. The number of carboxylic acid groups (broad SMARTS) is 1. The third-order valence-corrected chi connectivity index (χ3v) is 3.00. The van der Waals surface area contributed by atoms with E-state index in [1.54, 1.807) is 4.68 Å². The Hall–Kier alpha value is -1.89. The van der Waals surface area contributed by atoms with Gasteiger partial charge in [-0.15, -0.1) is 11.3 Å². The fourth-order valence-electron chi connectivity index (χ4n) is 1.51. The molecule has 0 amide bonds. The third kappa shape index (κ3) is 2.28. The second kappa shape index (κ2) is 4.54. The van der Waals surface area contributed by atoms with Gasteiger partial charge in [-0.1, -0.05) is 6.92 Å². The highest BCUT2D eigenvalue weighted by atomic mass is 32.1. The second-order valence-electron chi connectivity index (χ2n) is 3.48.